The Bertz CT molecular complexity index is 1980. The normalized spacial score (nSPS) is 16.6. The highest BCUT2D eigenvalue weighted by molar-refractivity contribution is 6.12. The van der Waals surface area contributed by atoms with Crippen LogP contribution in [0.4, 0.5) is 11.4 Å². The average molecular weight is 615 g/mol. The maximum atomic E-state index is 14.2. The van der Waals surface area contributed by atoms with E-state index in [-0.39, 0.29) is 31.0 Å². The molecule has 9 heteroatoms. The van der Waals surface area contributed by atoms with Gasteiger partial charge in [-0.15, -0.1) is 0 Å². The highest BCUT2D eigenvalue weighted by atomic mass is 16.3. The van der Waals surface area contributed by atoms with Crippen LogP contribution in [0.5, 0.6) is 0 Å². The Kier molecular flexibility index (Phi) is 8.61. The van der Waals surface area contributed by atoms with Crippen LogP contribution < -0.4 is 10.5 Å². The summed E-state index contributed by atoms with van der Waals surface area (Å²) < 4.78 is 1.26. The van der Waals surface area contributed by atoms with Gasteiger partial charge in [0.05, 0.1) is 29.6 Å². The Morgan fingerprint density at radius 3 is 2.37 bits per heavy atom. The van der Waals surface area contributed by atoms with E-state index >= 15 is 0 Å². The van der Waals surface area contributed by atoms with Gasteiger partial charge in [0.1, 0.15) is 0 Å². The van der Waals surface area contributed by atoms with Crippen molar-refractivity contribution in [1.29, 1.82) is 0 Å². The van der Waals surface area contributed by atoms with E-state index in [4.69, 9.17) is 0 Å². The molecule has 0 bridgehead atoms. The van der Waals surface area contributed by atoms with Crippen LogP contribution in [0.25, 0.3) is 16.5 Å². The quantitative estimate of drug-likeness (QED) is 0.217. The lowest BCUT2D eigenvalue weighted by atomic mass is 9.82. The molecule has 5 aromatic rings. The molecule has 6 rings (SSSR count). The van der Waals surface area contributed by atoms with Gasteiger partial charge in [0.25, 0.3) is 11.5 Å². The number of aromatic nitrogens is 2. The Labute approximate surface area is 266 Å². The Morgan fingerprint density at radius 2 is 1.63 bits per heavy atom. The molecule has 0 spiro atoms. The fourth-order valence-corrected chi connectivity index (χ4v) is 5.96. The van der Waals surface area contributed by atoms with E-state index < -0.39 is 17.4 Å². The Hall–Kier alpha value is -5.38. The molecule has 2 amide bonds. The molecule has 0 aliphatic carbocycles. The topological polar surface area (TPSA) is 116 Å². The van der Waals surface area contributed by atoms with Crippen LogP contribution in [-0.4, -0.2) is 49.9 Å². The fourth-order valence-electron chi connectivity index (χ4n) is 5.96. The third-order valence-corrected chi connectivity index (χ3v) is 8.43. The molecule has 2 atom stereocenters. The number of nitrogens with zero attached hydrogens (tertiary/aromatic N) is 4. The summed E-state index contributed by atoms with van der Waals surface area (Å²) in [6, 6.07) is 30.8. The van der Waals surface area contributed by atoms with Gasteiger partial charge in [0.15, 0.2) is 5.60 Å². The van der Waals surface area contributed by atoms with Crippen molar-refractivity contribution < 1.29 is 19.8 Å². The van der Waals surface area contributed by atoms with Crippen LogP contribution in [-0.2, 0) is 21.7 Å². The molecule has 46 heavy (non-hydrogen) atoms. The first-order chi connectivity index (χ1) is 22.3. The lowest BCUT2D eigenvalue weighted by Gasteiger charge is -2.28. The highest BCUT2D eigenvalue weighted by Crippen LogP contribution is 2.48. The first-order valence-corrected chi connectivity index (χ1v) is 15.2. The molecule has 0 saturated carbocycles. The number of para-hydroxylation sites is 1. The summed E-state index contributed by atoms with van der Waals surface area (Å²) in [4.78, 5) is 43.7. The van der Waals surface area contributed by atoms with Crippen LogP contribution in [0.2, 0.25) is 0 Å². The predicted octanol–water partition coefficient (Wildman–Crippen LogP) is 4.86. The van der Waals surface area contributed by atoms with Gasteiger partial charge in [-0.05, 0) is 42.0 Å². The number of hydrogen-bond donors (Lipinski definition) is 2. The van der Waals surface area contributed by atoms with Gasteiger partial charge < -0.3 is 15.1 Å². The van der Waals surface area contributed by atoms with Gasteiger partial charge in [-0.25, -0.2) is 0 Å². The number of amides is 2. The second-order valence-electron chi connectivity index (χ2n) is 11.3. The zero-order valence-electron chi connectivity index (χ0n) is 25.4. The van der Waals surface area contributed by atoms with Crippen molar-refractivity contribution in [3.8, 4) is 5.69 Å². The molecule has 1 aliphatic heterocycles. The number of aliphatic hydroxyl groups excluding tert-OH is 1. The maximum absolute atomic E-state index is 14.2. The van der Waals surface area contributed by atoms with Crippen molar-refractivity contribution in [3.05, 3.63) is 143 Å². The lowest BCUT2D eigenvalue weighted by molar-refractivity contribution is -0.138. The first kappa shape index (κ1) is 30.6. The summed E-state index contributed by atoms with van der Waals surface area (Å²) in [5.74, 6) is -1.49. The molecule has 1 aliphatic rings. The molecule has 4 aromatic carbocycles. The van der Waals surface area contributed by atoms with Crippen LogP contribution in [0.1, 0.15) is 24.5 Å². The van der Waals surface area contributed by atoms with E-state index in [9.17, 15) is 24.6 Å². The minimum absolute atomic E-state index is 0.0210. The largest absolute Gasteiger partial charge is 0.395 e. The van der Waals surface area contributed by atoms with Crippen molar-refractivity contribution in [1.82, 2.24) is 14.7 Å². The number of carbonyl (C=O) groups is 2. The SMILES string of the molecule is C[C@@H](/C=C/CC(=O)N(CCO)Cc1ccccc1)[C@]1(O)C(=O)N(c2ccccc2)c2ccc(-n3ncc4ccccc4c3=O)cc21. The molecular formula is C37H34N4O5. The van der Waals surface area contributed by atoms with Crippen LogP contribution in [0.15, 0.2) is 126 Å². The fraction of sp³-hybridized carbons (Fsp3) is 0.189. The van der Waals surface area contributed by atoms with Crippen molar-refractivity contribution >= 4 is 34.0 Å². The highest BCUT2D eigenvalue weighted by Gasteiger charge is 2.53. The number of fused-ring (bicyclic) bond motifs is 2. The summed E-state index contributed by atoms with van der Waals surface area (Å²) in [6.07, 6.45) is 4.95. The number of rotatable bonds is 10. The first-order valence-electron chi connectivity index (χ1n) is 15.2. The maximum Gasteiger partial charge on any atom is 0.279 e. The van der Waals surface area contributed by atoms with Gasteiger partial charge in [-0.1, -0.05) is 85.8 Å². The third-order valence-electron chi connectivity index (χ3n) is 8.43. The number of aliphatic hydroxyl groups is 2. The second kappa shape index (κ2) is 12.9. The zero-order valence-corrected chi connectivity index (χ0v) is 25.4. The molecule has 0 fully saturated rings. The monoisotopic (exact) mass is 614 g/mol. The second-order valence-corrected chi connectivity index (χ2v) is 11.3. The average Bonchev–Trinajstić information content (AvgIpc) is 3.31. The molecule has 232 valence electrons. The number of carbonyl (C=O) groups excluding carboxylic acids is 2. The van der Waals surface area contributed by atoms with Crippen LogP contribution >= 0.6 is 0 Å². The minimum atomic E-state index is -2.00. The summed E-state index contributed by atoms with van der Waals surface area (Å²) in [7, 11) is 0. The smallest absolute Gasteiger partial charge is 0.279 e. The summed E-state index contributed by atoms with van der Waals surface area (Å²) in [5.41, 5.74) is 0.435. The van der Waals surface area contributed by atoms with E-state index in [1.165, 1.54) is 9.58 Å². The van der Waals surface area contributed by atoms with Gasteiger partial charge in [0, 0.05) is 42.1 Å². The lowest BCUT2D eigenvalue weighted by Crippen LogP contribution is -2.42. The van der Waals surface area contributed by atoms with E-state index in [0.717, 1.165) is 5.56 Å². The number of benzene rings is 4. The third kappa shape index (κ3) is 5.62. The van der Waals surface area contributed by atoms with E-state index in [1.54, 1.807) is 72.6 Å². The molecule has 0 radical (unpaired) electrons. The summed E-state index contributed by atoms with van der Waals surface area (Å²) in [6.45, 7) is 2.09. The van der Waals surface area contributed by atoms with Crippen molar-refractivity contribution in [2.75, 3.05) is 18.1 Å². The number of hydrogen-bond acceptors (Lipinski definition) is 6. The summed E-state index contributed by atoms with van der Waals surface area (Å²) in [5, 5.41) is 27.4. The number of anilines is 2. The van der Waals surface area contributed by atoms with Crippen LogP contribution in [0, 0.1) is 5.92 Å². The molecule has 2 N–H and O–H groups in total. The molecule has 0 unspecified atom stereocenters. The summed E-state index contributed by atoms with van der Waals surface area (Å²) >= 11 is 0. The standard InChI is InChI=1S/C37H34N4O5/c1-26(11-10-18-34(43)39(21-22-42)25-27-12-4-2-5-13-27)37(46)32-23-30(41-35(44)31-17-9-8-14-28(31)24-38-41)19-20-33(32)40(36(37)45)29-15-6-3-7-16-29/h2-17,19-20,23-24,26,42,46H,18,21-22,25H2,1H3/b11-10+/t26-,37+/m0/s1. The molecule has 1 aromatic heterocycles. The molecule has 0 saturated heterocycles. The zero-order chi connectivity index (χ0) is 32.3. The van der Waals surface area contributed by atoms with Gasteiger partial charge >= 0.3 is 0 Å². The molecule has 9 nitrogen and oxygen atoms in total. The Balaban J connectivity index is 1.34. The van der Waals surface area contributed by atoms with Crippen molar-refractivity contribution in [3.63, 3.8) is 0 Å². The van der Waals surface area contributed by atoms with E-state index in [2.05, 4.69) is 5.10 Å². The van der Waals surface area contributed by atoms with Crippen molar-refractivity contribution in [2.45, 2.75) is 25.5 Å². The van der Waals surface area contributed by atoms with Gasteiger partial charge in [0.2, 0.25) is 5.91 Å². The van der Waals surface area contributed by atoms with E-state index in [1.807, 2.05) is 60.7 Å². The van der Waals surface area contributed by atoms with Crippen LogP contribution in [0.3, 0.4) is 0 Å². The van der Waals surface area contributed by atoms with E-state index in [0.29, 0.717) is 39.9 Å². The Morgan fingerprint density at radius 1 is 0.935 bits per heavy atom. The van der Waals surface area contributed by atoms with Gasteiger partial charge in [-0.3, -0.25) is 19.3 Å². The molecular weight excluding hydrogens is 580 g/mol. The van der Waals surface area contributed by atoms with Gasteiger partial charge in [-0.2, -0.15) is 9.78 Å². The molecule has 2 heterocycles. The van der Waals surface area contributed by atoms with Crippen molar-refractivity contribution in [2.24, 2.45) is 5.92 Å². The minimum Gasteiger partial charge on any atom is -0.395 e. The predicted molar refractivity (Wildman–Crippen MR) is 177 cm³/mol.